The van der Waals surface area contributed by atoms with E-state index in [2.05, 4.69) is 5.32 Å². The Labute approximate surface area is 192 Å². The number of halogens is 1. The van der Waals surface area contributed by atoms with Crippen LogP contribution in [0.25, 0.3) is 27.8 Å². The zero-order valence-electron chi connectivity index (χ0n) is 17.5. The third kappa shape index (κ3) is 4.01. The number of carbonyl (C=O) groups excluding carboxylic acids is 1. The molecule has 0 saturated carbocycles. The second-order valence-electron chi connectivity index (χ2n) is 7.47. The van der Waals surface area contributed by atoms with Crippen molar-refractivity contribution in [1.82, 2.24) is 9.55 Å². The first-order valence-electron chi connectivity index (χ1n) is 10.2. The molecule has 2 aromatic heterocycles. The number of thioether (sulfide) groups is 1. The maximum Gasteiger partial charge on any atom is 0.302 e. The van der Waals surface area contributed by atoms with Crippen LogP contribution in [0.1, 0.15) is 5.56 Å². The smallest absolute Gasteiger partial charge is 0.302 e. The fourth-order valence-electron chi connectivity index (χ4n) is 3.59. The van der Waals surface area contributed by atoms with Crippen molar-refractivity contribution >= 4 is 45.4 Å². The number of anilines is 1. The molecular formula is C25H18FN3O3S. The number of hydrogen-bond acceptors (Lipinski definition) is 5. The lowest BCUT2D eigenvalue weighted by Crippen LogP contribution is -2.22. The maximum absolute atomic E-state index is 13.9. The van der Waals surface area contributed by atoms with Crippen LogP contribution in [0.3, 0.4) is 0 Å². The van der Waals surface area contributed by atoms with Crippen LogP contribution in [-0.2, 0) is 4.79 Å². The molecule has 0 aliphatic carbocycles. The molecule has 0 unspecified atom stereocenters. The molecule has 1 N–H and O–H groups in total. The van der Waals surface area contributed by atoms with Gasteiger partial charge in [0.1, 0.15) is 16.9 Å². The van der Waals surface area contributed by atoms with Crippen LogP contribution < -0.4 is 10.9 Å². The number of nitrogens with one attached hydrogen (secondary N) is 1. The van der Waals surface area contributed by atoms with Crippen LogP contribution in [0, 0.1) is 12.7 Å². The summed E-state index contributed by atoms with van der Waals surface area (Å²) in [6, 6.07) is 20.7. The summed E-state index contributed by atoms with van der Waals surface area (Å²) in [5, 5.41) is 3.62. The Balaban J connectivity index is 1.58. The third-order valence-electron chi connectivity index (χ3n) is 5.11. The lowest BCUT2D eigenvalue weighted by Gasteiger charge is -2.12. The maximum atomic E-state index is 13.9. The highest BCUT2D eigenvalue weighted by molar-refractivity contribution is 7.99. The van der Waals surface area contributed by atoms with Gasteiger partial charge in [-0.3, -0.25) is 14.2 Å². The van der Waals surface area contributed by atoms with Crippen LogP contribution in [0.2, 0.25) is 0 Å². The summed E-state index contributed by atoms with van der Waals surface area (Å²) in [5.41, 5.74) is 2.48. The molecule has 0 atom stereocenters. The summed E-state index contributed by atoms with van der Waals surface area (Å²) in [4.78, 5) is 30.7. The van der Waals surface area contributed by atoms with E-state index in [4.69, 9.17) is 9.40 Å². The Hall–Kier alpha value is -3.91. The molecule has 2 heterocycles. The van der Waals surface area contributed by atoms with Crippen molar-refractivity contribution in [2.75, 3.05) is 11.1 Å². The Morgan fingerprint density at radius 3 is 2.70 bits per heavy atom. The molecule has 0 saturated heterocycles. The summed E-state index contributed by atoms with van der Waals surface area (Å²) in [6.45, 7) is 1.93. The third-order valence-corrected chi connectivity index (χ3v) is 6.04. The number of furan rings is 1. The van der Waals surface area contributed by atoms with Crippen LogP contribution in [0.15, 0.2) is 87.2 Å². The number of fused-ring (bicyclic) bond motifs is 3. The Morgan fingerprint density at radius 1 is 1.09 bits per heavy atom. The van der Waals surface area contributed by atoms with Crippen LogP contribution in [0.4, 0.5) is 10.1 Å². The summed E-state index contributed by atoms with van der Waals surface area (Å²) in [7, 11) is 0. The predicted octanol–water partition coefficient (Wildman–Crippen LogP) is 5.31. The van der Waals surface area contributed by atoms with E-state index in [1.54, 1.807) is 24.3 Å². The molecule has 1 amide bonds. The highest BCUT2D eigenvalue weighted by Crippen LogP contribution is 2.28. The molecule has 33 heavy (non-hydrogen) atoms. The van der Waals surface area contributed by atoms with Crippen molar-refractivity contribution in [3.63, 3.8) is 0 Å². The molecular weight excluding hydrogens is 441 g/mol. The molecule has 6 nitrogen and oxygen atoms in total. The van der Waals surface area contributed by atoms with Gasteiger partial charge in [-0.2, -0.15) is 0 Å². The fourth-order valence-corrected chi connectivity index (χ4v) is 4.40. The van der Waals surface area contributed by atoms with Crippen molar-refractivity contribution in [1.29, 1.82) is 0 Å². The minimum absolute atomic E-state index is 0.0616. The van der Waals surface area contributed by atoms with E-state index in [0.717, 1.165) is 22.7 Å². The first kappa shape index (κ1) is 21.0. The lowest BCUT2D eigenvalue weighted by atomic mass is 10.2. The van der Waals surface area contributed by atoms with Crippen molar-refractivity contribution in [2.24, 2.45) is 0 Å². The van der Waals surface area contributed by atoms with E-state index in [1.165, 1.54) is 16.7 Å². The van der Waals surface area contributed by atoms with E-state index in [0.29, 0.717) is 21.9 Å². The number of rotatable bonds is 5. The molecule has 164 valence electrons. The van der Waals surface area contributed by atoms with Crippen molar-refractivity contribution in [3.05, 3.63) is 94.5 Å². The van der Waals surface area contributed by atoms with E-state index in [1.807, 2.05) is 43.3 Å². The van der Waals surface area contributed by atoms with Gasteiger partial charge in [-0.05, 0) is 48.9 Å². The SMILES string of the molecule is Cc1cccc(-n2c(SCC(=O)Nc3ccccc3F)nc3c(oc4ccccc43)c2=O)c1. The Morgan fingerprint density at radius 2 is 1.88 bits per heavy atom. The van der Waals surface area contributed by atoms with E-state index in [-0.39, 0.29) is 22.6 Å². The number of nitrogens with zero attached hydrogens (tertiary/aromatic N) is 2. The van der Waals surface area contributed by atoms with Gasteiger partial charge in [-0.25, -0.2) is 9.37 Å². The molecule has 0 spiro atoms. The highest BCUT2D eigenvalue weighted by Gasteiger charge is 2.20. The molecule has 8 heteroatoms. The van der Waals surface area contributed by atoms with Crippen LogP contribution in [0.5, 0.6) is 0 Å². The molecule has 0 aliphatic rings. The van der Waals surface area contributed by atoms with Gasteiger partial charge in [0.2, 0.25) is 11.5 Å². The normalized spacial score (nSPS) is 11.2. The van der Waals surface area contributed by atoms with Crippen molar-refractivity contribution < 1.29 is 13.6 Å². The van der Waals surface area contributed by atoms with Crippen molar-refractivity contribution in [2.45, 2.75) is 12.1 Å². The van der Waals surface area contributed by atoms with Crippen LogP contribution in [-0.4, -0.2) is 21.2 Å². The average Bonchev–Trinajstić information content (AvgIpc) is 3.18. The van der Waals surface area contributed by atoms with Gasteiger partial charge < -0.3 is 9.73 Å². The number of amides is 1. The van der Waals surface area contributed by atoms with E-state index < -0.39 is 11.7 Å². The number of benzene rings is 3. The van der Waals surface area contributed by atoms with Gasteiger partial charge in [0.05, 0.1) is 17.1 Å². The second kappa shape index (κ2) is 8.55. The predicted molar refractivity (Wildman–Crippen MR) is 128 cm³/mol. The summed E-state index contributed by atoms with van der Waals surface area (Å²) >= 11 is 1.10. The largest absolute Gasteiger partial charge is 0.448 e. The minimum Gasteiger partial charge on any atom is -0.448 e. The molecule has 0 radical (unpaired) electrons. The number of aromatic nitrogens is 2. The van der Waals surface area contributed by atoms with Gasteiger partial charge in [-0.15, -0.1) is 0 Å². The zero-order valence-corrected chi connectivity index (χ0v) is 18.4. The first-order valence-corrected chi connectivity index (χ1v) is 11.2. The molecule has 0 fully saturated rings. The molecule has 0 aliphatic heterocycles. The number of aryl methyl sites for hydroxylation is 1. The lowest BCUT2D eigenvalue weighted by molar-refractivity contribution is -0.113. The van der Waals surface area contributed by atoms with Gasteiger partial charge in [-0.1, -0.05) is 48.2 Å². The number of carbonyl (C=O) groups is 1. The quantitative estimate of drug-likeness (QED) is 0.285. The first-order chi connectivity index (χ1) is 16.0. The van der Waals surface area contributed by atoms with Crippen LogP contribution >= 0.6 is 11.8 Å². The number of para-hydroxylation sites is 2. The monoisotopic (exact) mass is 459 g/mol. The molecule has 0 bridgehead atoms. The van der Waals surface area contributed by atoms with Gasteiger partial charge in [0.25, 0.3) is 0 Å². The molecule has 5 aromatic rings. The summed E-state index contributed by atoms with van der Waals surface area (Å²) < 4.78 is 21.2. The van der Waals surface area contributed by atoms with Crippen molar-refractivity contribution in [3.8, 4) is 5.69 Å². The number of hydrogen-bond donors (Lipinski definition) is 1. The van der Waals surface area contributed by atoms with Gasteiger partial charge in [0.15, 0.2) is 5.16 Å². The van der Waals surface area contributed by atoms with Gasteiger partial charge >= 0.3 is 5.56 Å². The van der Waals surface area contributed by atoms with Gasteiger partial charge in [0, 0.05) is 5.39 Å². The standard InChI is InChI=1S/C25H18FN3O3S/c1-15-7-6-8-16(13-15)29-24(31)23-22(17-9-2-5-12-20(17)32-23)28-25(29)33-14-21(30)27-19-11-4-3-10-18(19)26/h2-13H,14H2,1H3,(H,27,30). The average molecular weight is 460 g/mol. The molecule has 3 aromatic carbocycles. The zero-order chi connectivity index (χ0) is 22.9. The van der Waals surface area contributed by atoms with E-state index in [9.17, 15) is 14.0 Å². The van der Waals surface area contributed by atoms with E-state index >= 15 is 0 Å². The minimum atomic E-state index is -0.517. The topological polar surface area (TPSA) is 77.1 Å². The highest BCUT2D eigenvalue weighted by atomic mass is 32.2. The second-order valence-corrected chi connectivity index (χ2v) is 8.41. The summed E-state index contributed by atoms with van der Waals surface area (Å²) in [5.74, 6) is -0.988. The molecule has 5 rings (SSSR count). The Bertz CT molecular complexity index is 1570. The fraction of sp³-hybridized carbons (Fsp3) is 0.0800. The summed E-state index contributed by atoms with van der Waals surface area (Å²) in [6.07, 6.45) is 0. The Kier molecular flexibility index (Phi) is 5.43.